The molecule has 0 saturated carbocycles. The molecule has 150 valence electrons. The van der Waals surface area contributed by atoms with Gasteiger partial charge in [-0.05, 0) is 30.2 Å². The summed E-state index contributed by atoms with van der Waals surface area (Å²) in [5.74, 6) is -2.62. The highest BCUT2D eigenvalue weighted by Crippen LogP contribution is 2.37. The van der Waals surface area contributed by atoms with Crippen LogP contribution in [0.2, 0.25) is 5.02 Å². The number of carboxylic acid groups (broad SMARTS) is 1. The van der Waals surface area contributed by atoms with Crippen LogP contribution in [0.1, 0.15) is 30.4 Å². The smallest absolute Gasteiger partial charge is 0.336 e. The SMILES string of the molecule is CC1=C(C(=O)OCc2ccccc2)C(c2ccc(Cl)cc2)CC(=O)N1CC(=O)O. The molecule has 2 aromatic rings. The fraction of sp³-hybridized carbons (Fsp3) is 0.227. The van der Waals surface area contributed by atoms with E-state index < -0.39 is 24.4 Å². The van der Waals surface area contributed by atoms with Crippen LogP contribution in [-0.4, -0.2) is 34.4 Å². The highest BCUT2D eigenvalue weighted by atomic mass is 35.5. The molecule has 29 heavy (non-hydrogen) atoms. The fourth-order valence-electron chi connectivity index (χ4n) is 3.38. The number of ether oxygens (including phenoxy) is 1. The molecule has 1 unspecified atom stereocenters. The molecule has 1 atom stereocenters. The number of esters is 1. The van der Waals surface area contributed by atoms with Crippen LogP contribution in [0.4, 0.5) is 0 Å². The Morgan fingerprint density at radius 3 is 2.41 bits per heavy atom. The molecule has 0 aromatic heterocycles. The van der Waals surface area contributed by atoms with Gasteiger partial charge in [0, 0.05) is 23.1 Å². The van der Waals surface area contributed by atoms with Crippen LogP contribution in [0.5, 0.6) is 0 Å². The molecule has 7 heteroatoms. The maximum absolute atomic E-state index is 13.0. The Balaban J connectivity index is 1.95. The molecule has 0 saturated heterocycles. The molecule has 0 radical (unpaired) electrons. The number of halogens is 1. The van der Waals surface area contributed by atoms with Crippen molar-refractivity contribution in [3.8, 4) is 0 Å². The summed E-state index contributed by atoms with van der Waals surface area (Å²) in [5.41, 5.74) is 2.14. The van der Waals surface area contributed by atoms with Crippen molar-refractivity contribution in [3.05, 3.63) is 82.0 Å². The number of allylic oxidation sites excluding steroid dienone is 1. The number of benzene rings is 2. The molecule has 3 rings (SSSR count). The van der Waals surface area contributed by atoms with Crippen molar-refractivity contribution >= 4 is 29.4 Å². The number of rotatable bonds is 6. The van der Waals surface area contributed by atoms with E-state index in [0.29, 0.717) is 10.7 Å². The standard InChI is InChI=1S/C22H20ClNO5/c1-14-21(22(28)29-13-15-5-3-2-4-6-15)18(16-7-9-17(23)10-8-16)11-19(25)24(14)12-20(26)27/h2-10,18H,11-13H2,1H3,(H,26,27). The van der Waals surface area contributed by atoms with Crippen LogP contribution in [-0.2, 0) is 25.7 Å². The molecule has 2 aromatic carbocycles. The summed E-state index contributed by atoms with van der Waals surface area (Å²) >= 11 is 5.96. The number of hydrogen-bond donors (Lipinski definition) is 1. The highest BCUT2D eigenvalue weighted by molar-refractivity contribution is 6.30. The summed E-state index contributed by atoms with van der Waals surface area (Å²) in [4.78, 5) is 37.9. The number of carbonyl (C=O) groups excluding carboxylic acids is 2. The van der Waals surface area contributed by atoms with Gasteiger partial charge < -0.3 is 14.7 Å². The van der Waals surface area contributed by atoms with E-state index in [-0.39, 0.29) is 24.5 Å². The monoisotopic (exact) mass is 413 g/mol. The van der Waals surface area contributed by atoms with Crippen molar-refractivity contribution in [1.82, 2.24) is 4.90 Å². The van der Waals surface area contributed by atoms with Gasteiger partial charge in [-0.15, -0.1) is 0 Å². The molecule has 1 N–H and O–H groups in total. The van der Waals surface area contributed by atoms with Crippen molar-refractivity contribution in [1.29, 1.82) is 0 Å². The lowest BCUT2D eigenvalue weighted by molar-refractivity contribution is -0.145. The lowest BCUT2D eigenvalue weighted by Crippen LogP contribution is -2.41. The number of nitrogens with zero attached hydrogens (tertiary/aromatic N) is 1. The van der Waals surface area contributed by atoms with Crippen LogP contribution in [0, 0.1) is 0 Å². The molecule has 1 aliphatic heterocycles. The third-order valence-corrected chi connectivity index (χ3v) is 5.07. The average molecular weight is 414 g/mol. The maximum Gasteiger partial charge on any atom is 0.336 e. The molecule has 0 aliphatic carbocycles. The zero-order valence-electron chi connectivity index (χ0n) is 15.8. The molecule has 0 spiro atoms. The normalized spacial score (nSPS) is 16.7. The topological polar surface area (TPSA) is 83.9 Å². The van der Waals surface area contributed by atoms with Crippen molar-refractivity contribution in [3.63, 3.8) is 0 Å². The minimum absolute atomic E-state index is 0.0258. The number of amides is 1. The lowest BCUT2D eigenvalue weighted by atomic mass is 9.83. The Bertz CT molecular complexity index is 953. The van der Waals surface area contributed by atoms with Gasteiger partial charge in [0.15, 0.2) is 0 Å². The maximum atomic E-state index is 13.0. The lowest BCUT2D eigenvalue weighted by Gasteiger charge is -2.33. The predicted octanol–water partition coefficient (Wildman–Crippen LogP) is 3.76. The van der Waals surface area contributed by atoms with E-state index >= 15 is 0 Å². The van der Waals surface area contributed by atoms with E-state index in [9.17, 15) is 14.4 Å². The first-order valence-corrected chi connectivity index (χ1v) is 9.44. The predicted molar refractivity (Wildman–Crippen MR) is 107 cm³/mol. The number of hydrogen-bond acceptors (Lipinski definition) is 4. The van der Waals surface area contributed by atoms with Crippen molar-refractivity contribution in [2.24, 2.45) is 0 Å². The molecule has 1 aliphatic rings. The third kappa shape index (κ3) is 4.84. The van der Waals surface area contributed by atoms with Crippen LogP contribution >= 0.6 is 11.6 Å². The van der Waals surface area contributed by atoms with Gasteiger partial charge >= 0.3 is 11.9 Å². The molecule has 1 heterocycles. The Hall–Kier alpha value is -3.12. The highest BCUT2D eigenvalue weighted by Gasteiger charge is 2.37. The molecule has 0 bridgehead atoms. The van der Waals surface area contributed by atoms with E-state index in [4.69, 9.17) is 21.4 Å². The summed E-state index contributed by atoms with van der Waals surface area (Å²) in [5, 5.41) is 9.68. The van der Waals surface area contributed by atoms with E-state index in [1.165, 1.54) is 0 Å². The Kier molecular flexibility index (Phi) is 6.34. The second kappa shape index (κ2) is 8.92. The first-order valence-electron chi connectivity index (χ1n) is 9.06. The summed E-state index contributed by atoms with van der Waals surface area (Å²) in [7, 11) is 0. The van der Waals surface area contributed by atoms with Gasteiger partial charge in [-0.25, -0.2) is 4.79 Å². The van der Waals surface area contributed by atoms with Gasteiger partial charge in [0.1, 0.15) is 13.2 Å². The zero-order valence-corrected chi connectivity index (χ0v) is 16.6. The van der Waals surface area contributed by atoms with Crippen molar-refractivity contribution < 1.29 is 24.2 Å². The minimum atomic E-state index is -1.15. The summed E-state index contributed by atoms with van der Waals surface area (Å²) in [6.45, 7) is 1.15. The van der Waals surface area contributed by atoms with E-state index in [1.54, 1.807) is 31.2 Å². The van der Waals surface area contributed by atoms with Crippen LogP contribution in [0.15, 0.2) is 65.9 Å². The Labute approximate surface area is 173 Å². The molecule has 6 nitrogen and oxygen atoms in total. The van der Waals surface area contributed by atoms with Crippen molar-refractivity contribution in [2.45, 2.75) is 25.9 Å². The van der Waals surface area contributed by atoms with Gasteiger partial charge in [0.25, 0.3) is 0 Å². The number of carboxylic acids is 1. The van der Waals surface area contributed by atoms with Crippen LogP contribution in [0.25, 0.3) is 0 Å². The largest absolute Gasteiger partial charge is 0.480 e. The third-order valence-electron chi connectivity index (χ3n) is 4.82. The molecule has 0 fully saturated rings. The van der Waals surface area contributed by atoms with Crippen molar-refractivity contribution in [2.75, 3.05) is 6.54 Å². The second-order valence-electron chi connectivity index (χ2n) is 6.74. The number of aliphatic carboxylic acids is 1. The molecule has 1 amide bonds. The van der Waals surface area contributed by atoms with Crippen LogP contribution < -0.4 is 0 Å². The van der Waals surface area contributed by atoms with Gasteiger partial charge in [-0.2, -0.15) is 0 Å². The summed E-state index contributed by atoms with van der Waals surface area (Å²) in [6, 6.07) is 16.1. The quantitative estimate of drug-likeness (QED) is 0.729. The van der Waals surface area contributed by atoms with Gasteiger partial charge in [0.05, 0.1) is 5.57 Å². The van der Waals surface area contributed by atoms with Crippen LogP contribution in [0.3, 0.4) is 0 Å². The zero-order chi connectivity index (χ0) is 21.0. The molecular formula is C22H20ClNO5. The fourth-order valence-corrected chi connectivity index (χ4v) is 3.51. The molecular weight excluding hydrogens is 394 g/mol. The van der Waals surface area contributed by atoms with E-state index in [0.717, 1.165) is 16.0 Å². The van der Waals surface area contributed by atoms with Gasteiger partial charge in [-0.1, -0.05) is 54.1 Å². The minimum Gasteiger partial charge on any atom is -0.480 e. The average Bonchev–Trinajstić information content (AvgIpc) is 2.70. The number of carbonyl (C=O) groups is 3. The summed E-state index contributed by atoms with van der Waals surface area (Å²) in [6.07, 6.45) is -0.0258. The van der Waals surface area contributed by atoms with E-state index in [1.807, 2.05) is 30.3 Å². The first kappa shape index (κ1) is 20.6. The second-order valence-corrected chi connectivity index (χ2v) is 7.18. The first-order chi connectivity index (χ1) is 13.9. The van der Waals surface area contributed by atoms with Gasteiger partial charge in [0.2, 0.25) is 5.91 Å². The Morgan fingerprint density at radius 2 is 1.79 bits per heavy atom. The van der Waals surface area contributed by atoms with Gasteiger partial charge in [-0.3, -0.25) is 9.59 Å². The van der Waals surface area contributed by atoms with E-state index in [2.05, 4.69) is 0 Å². The summed E-state index contributed by atoms with van der Waals surface area (Å²) < 4.78 is 5.49. The Morgan fingerprint density at radius 1 is 1.14 bits per heavy atom.